The van der Waals surface area contributed by atoms with E-state index in [1.165, 1.54) is 6.33 Å². The molecular weight excluding hydrogens is 346 g/mol. The van der Waals surface area contributed by atoms with Crippen LogP contribution in [0.25, 0.3) is 22.5 Å². The summed E-state index contributed by atoms with van der Waals surface area (Å²) in [6.45, 7) is 5.68. The van der Waals surface area contributed by atoms with E-state index in [0.29, 0.717) is 28.3 Å². The molecule has 0 atom stereocenters. The average Bonchev–Trinajstić information content (AvgIpc) is 3.19. The summed E-state index contributed by atoms with van der Waals surface area (Å²) >= 11 is 0. The van der Waals surface area contributed by atoms with Gasteiger partial charge in [-0.1, -0.05) is 6.07 Å². The lowest BCUT2D eigenvalue weighted by Gasteiger charge is -2.17. The van der Waals surface area contributed by atoms with Gasteiger partial charge in [-0.15, -0.1) is 0 Å². The van der Waals surface area contributed by atoms with Crippen molar-refractivity contribution in [1.82, 2.24) is 24.1 Å². The van der Waals surface area contributed by atoms with Gasteiger partial charge in [0.2, 0.25) is 0 Å². The van der Waals surface area contributed by atoms with Crippen molar-refractivity contribution in [2.24, 2.45) is 5.73 Å². The Bertz CT molecular complexity index is 1240. The van der Waals surface area contributed by atoms with E-state index in [-0.39, 0.29) is 11.4 Å². The molecule has 0 saturated heterocycles. The fourth-order valence-electron chi connectivity index (χ4n) is 3.58. The molecule has 27 heavy (non-hydrogen) atoms. The highest BCUT2D eigenvalue weighted by Crippen LogP contribution is 2.36. The van der Waals surface area contributed by atoms with Crippen molar-refractivity contribution in [2.45, 2.75) is 20.8 Å². The fourth-order valence-corrected chi connectivity index (χ4v) is 3.58. The van der Waals surface area contributed by atoms with Gasteiger partial charge in [0.05, 0.1) is 18.5 Å². The average molecular weight is 365 g/mol. The van der Waals surface area contributed by atoms with Crippen molar-refractivity contribution in [2.75, 3.05) is 12.8 Å². The van der Waals surface area contributed by atoms with Gasteiger partial charge in [-0.05, 0) is 32.4 Å². The number of anilines is 1. The lowest BCUT2D eigenvalue weighted by molar-refractivity contribution is 0.100. The van der Waals surface area contributed by atoms with Crippen LogP contribution in [0, 0.1) is 20.8 Å². The van der Waals surface area contributed by atoms with Gasteiger partial charge in [0.15, 0.2) is 11.3 Å². The number of aromatic nitrogens is 5. The van der Waals surface area contributed by atoms with E-state index in [9.17, 15) is 4.79 Å². The normalized spacial score (nSPS) is 11.4. The summed E-state index contributed by atoms with van der Waals surface area (Å²) in [4.78, 5) is 21.0. The van der Waals surface area contributed by atoms with E-state index in [2.05, 4.69) is 15.1 Å². The van der Waals surface area contributed by atoms with E-state index >= 15 is 0 Å². The molecule has 0 bridgehead atoms. The number of fused-ring (bicyclic) bond motifs is 3. The van der Waals surface area contributed by atoms with Gasteiger partial charge in [0, 0.05) is 5.56 Å². The largest absolute Gasteiger partial charge is 0.496 e. The summed E-state index contributed by atoms with van der Waals surface area (Å²) in [7, 11) is 1.61. The molecule has 0 spiro atoms. The molecule has 4 rings (SSSR count). The number of nitrogen functional groups attached to an aromatic ring is 1. The third kappa shape index (κ3) is 2.17. The summed E-state index contributed by atoms with van der Waals surface area (Å²) < 4.78 is 8.83. The van der Waals surface area contributed by atoms with Crippen molar-refractivity contribution in [1.29, 1.82) is 0 Å². The number of nitrogens with zero attached hydrogens (tertiary/aromatic N) is 5. The van der Waals surface area contributed by atoms with Crippen LogP contribution in [0.1, 0.15) is 27.2 Å². The van der Waals surface area contributed by atoms with Gasteiger partial charge in [-0.3, -0.25) is 9.36 Å². The molecule has 0 aliphatic carbocycles. The molecule has 0 radical (unpaired) electrons. The van der Waals surface area contributed by atoms with Gasteiger partial charge in [-0.25, -0.2) is 9.97 Å². The molecule has 1 aromatic carbocycles. The molecule has 0 aliphatic rings. The minimum atomic E-state index is -0.652. The van der Waals surface area contributed by atoms with Crippen LogP contribution in [0.2, 0.25) is 0 Å². The highest BCUT2D eigenvalue weighted by atomic mass is 16.5. The standard InChI is InChI=1S/C18H19N7O2/c1-8-5-6-11(27-4)9(2)14(8)24-15(19)12(16(20)26)13-18(24)25-17(10(3)23-13)21-7-22-25/h5-7H,19H2,1-4H3,(H2,20,26). The Morgan fingerprint density at radius 2 is 1.96 bits per heavy atom. The predicted octanol–water partition coefficient (Wildman–Crippen LogP) is 1.68. The van der Waals surface area contributed by atoms with Gasteiger partial charge in [-0.2, -0.15) is 9.61 Å². The predicted molar refractivity (Wildman–Crippen MR) is 101 cm³/mol. The summed E-state index contributed by atoms with van der Waals surface area (Å²) in [6, 6.07) is 3.81. The fraction of sp³-hybridized carbons (Fsp3) is 0.222. The number of carbonyl (C=O) groups is 1. The number of amides is 1. The van der Waals surface area contributed by atoms with Crippen LogP contribution in [-0.4, -0.2) is 37.2 Å². The second-order valence-electron chi connectivity index (χ2n) is 6.38. The monoisotopic (exact) mass is 365 g/mol. The third-order valence-electron chi connectivity index (χ3n) is 4.78. The first-order chi connectivity index (χ1) is 12.9. The Hall–Kier alpha value is -3.62. The zero-order valence-electron chi connectivity index (χ0n) is 15.4. The molecular formula is C18H19N7O2. The molecule has 3 heterocycles. The third-order valence-corrected chi connectivity index (χ3v) is 4.78. The topological polar surface area (TPSA) is 126 Å². The summed E-state index contributed by atoms with van der Waals surface area (Å²) in [6.07, 6.45) is 1.44. The number of primary amides is 1. The van der Waals surface area contributed by atoms with Crippen LogP contribution in [0.3, 0.4) is 0 Å². The highest BCUT2D eigenvalue weighted by molar-refractivity contribution is 6.10. The van der Waals surface area contributed by atoms with Crippen molar-refractivity contribution in [3.8, 4) is 11.4 Å². The molecule has 1 amide bonds. The van der Waals surface area contributed by atoms with Crippen molar-refractivity contribution < 1.29 is 9.53 Å². The Balaban J connectivity index is 2.28. The van der Waals surface area contributed by atoms with Gasteiger partial charge >= 0.3 is 0 Å². The maximum absolute atomic E-state index is 12.2. The minimum absolute atomic E-state index is 0.159. The number of hydrogen-bond donors (Lipinski definition) is 2. The van der Waals surface area contributed by atoms with Crippen molar-refractivity contribution in [3.63, 3.8) is 0 Å². The number of ether oxygens (including phenoxy) is 1. The van der Waals surface area contributed by atoms with E-state index < -0.39 is 5.91 Å². The number of rotatable bonds is 3. The smallest absolute Gasteiger partial charge is 0.254 e. The second-order valence-corrected chi connectivity index (χ2v) is 6.38. The highest BCUT2D eigenvalue weighted by Gasteiger charge is 2.27. The molecule has 0 saturated carbocycles. The summed E-state index contributed by atoms with van der Waals surface area (Å²) in [5, 5.41) is 4.32. The van der Waals surface area contributed by atoms with Gasteiger partial charge in [0.25, 0.3) is 5.91 Å². The maximum atomic E-state index is 12.2. The molecule has 138 valence electrons. The maximum Gasteiger partial charge on any atom is 0.254 e. The van der Waals surface area contributed by atoms with Crippen LogP contribution in [0.4, 0.5) is 5.82 Å². The molecule has 4 aromatic rings. The number of methoxy groups -OCH3 is 1. The molecule has 9 heteroatoms. The summed E-state index contributed by atoms with van der Waals surface area (Å²) in [5.41, 5.74) is 16.9. The quantitative estimate of drug-likeness (QED) is 0.569. The molecule has 0 unspecified atom stereocenters. The van der Waals surface area contributed by atoms with Crippen LogP contribution < -0.4 is 16.2 Å². The van der Waals surface area contributed by atoms with Crippen molar-refractivity contribution in [3.05, 3.63) is 40.8 Å². The number of carbonyl (C=O) groups excluding carboxylic acids is 1. The SMILES string of the molecule is COc1ccc(C)c(-n2c(N)c(C(N)=O)c3nc(C)c4ncnn4c32)c1C. The van der Waals surface area contributed by atoms with Crippen LogP contribution in [0.5, 0.6) is 5.75 Å². The zero-order valence-corrected chi connectivity index (χ0v) is 15.4. The Kier molecular flexibility index (Phi) is 3.55. The minimum Gasteiger partial charge on any atom is -0.496 e. The zero-order chi connectivity index (χ0) is 19.5. The number of nitrogens with two attached hydrogens (primary N) is 2. The molecule has 9 nitrogen and oxygen atoms in total. The number of aryl methyl sites for hydroxylation is 2. The lowest BCUT2D eigenvalue weighted by Crippen LogP contribution is -2.14. The first-order valence-corrected chi connectivity index (χ1v) is 8.31. The Morgan fingerprint density at radius 1 is 1.22 bits per heavy atom. The van der Waals surface area contributed by atoms with E-state index in [4.69, 9.17) is 16.2 Å². The Morgan fingerprint density at radius 3 is 2.63 bits per heavy atom. The van der Waals surface area contributed by atoms with Gasteiger partial charge in [0.1, 0.15) is 29.0 Å². The van der Waals surface area contributed by atoms with Crippen LogP contribution >= 0.6 is 0 Å². The van der Waals surface area contributed by atoms with E-state index in [1.54, 1.807) is 23.1 Å². The first kappa shape index (κ1) is 16.8. The van der Waals surface area contributed by atoms with E-state index in [0.717, 1.165) is 16.8 Å². The Labute approximate surface area is 154 Å². The molecule has 3 aromatic heterocycles. The van der Waals surface area contributed by atoms with Crippen molar-refractivity contribution >= 4 is 28.5 Å². The molecule has 4 N–H and O–H groups in total. The first-order valence-electron chi connectivity index (χ1n) is 8.31. The lowest BCUT2D eigenvalue weighted by atomic mass is 10.1. The summed E-state index contributed by atoms with van der Waals surface area (Å²) in [5.74, 6) is 0.250. The van der Waals surface area contributed by atoms with Gasteiger partial charge < -0.3 is 16.2 Å². The molecule has 0 fully saturated rings. The van der Waals surface area contributed by atoms with E-state index in [1.807, 2.05) is 26.0 Å². The van der Waals surface area contributed by atoms with Crippen LogP contribution in [0.15, 0.2) is 18.5 Å². The molecule has 0 aliphatic heterocycles. The van der Waals surface area contributed by atoms with Crippen LogP contribution in [-0.2, 0) is 0 Å². The number of hydrogen-bond acceptors (Lipinski definition) is 6. The number of benzene rings is 1. The second kappa shape index (κ2) is 5.70.